The Kier molecular flexibility index (Phi) is 4.95. The second-order valence-corrected chi connectivity index (χ2v) is 5.30. The van der Waals surface area contributed by atoms with Gasteiger partial charge in [0.05, 0.1) is 12.5 Å². The van der Waals surface area contributed by atoms with Crippen molar-refractivity contribution in [2.75, 3.05) is 25.6 Å². The number of amides is 1. The number of aryl methyl sites for hydroxylation is 1. The first kappa shape index (κ1) is 15.5. The van der Waals surface area contributed by atoms with Crippen LogP contribution in [-0.4, -0.2) is 26.6 Å². The molecule has 0 atom stereocenters. The van der Waals surface area contributed by atoms with E-state index in [0.29, 0.717) is 6.54 Å². The molecule has 4 heteroatoms. The highest BCUT2D eigenvalue weighted by atomic mass is 16.5. The number of nitrogens with zero attached hydrogens (tertiary/aromatic N) is 1. The van der Waals surface area contributed by atoms with E-state index < -0.39 is 5.41 Å². The Hall–Kier alpha value is -1.55. The van der Waals surface area contributed by atoms with Gasteiger partial charge in [-0.2, -0.15) is 0 Å². The summed E-state index contributed by atoms with van der Waals surface area (Å²) < 4.78 is 5.30. The smallest absolute Gasteiger partial charge is 0.233 e. The van der Waals surface area contributed by atoms with Gasteiger partial charge in [0.15, 0.2) is 0 Å². The van der Waals surface area contributed by atoms with Gasteiger partial charge in [-0.1, -0.05) is 6.92 Å². The van der Waals surface area contributed by atoms with Gasteiger partial charge in [0.1, 0.15) is 5.75 Å². The van der Waals surface area contributed by atoms with Gasteiger partial charge in [0.2, 0.25) is 5.91 Å². The van der Waals surface area contributed by atoms with Crippen LogP contribution in [0.15, 0.2) is 18.2 Å². The van der Waals surface area contributed by atoms with Crippen LogP contribution in [0.3, 0.4) is 0 Å². The third kappa shape index (κ3) is 3.26. The Morgan fingerprint density at radius 2 is 2.05 bits per heavy atom. The molecular formula is C15H24N2O2. The van der Waals surface area contributed by atoms with Crippen molar-refractivity contribution < 1.29 is 9.53 Å². The Morgan fingerprint density at radius 3 is 2.53 bits per heavy atom. The first-order valence-corrected chi connectivity index (χ1v) is 6.52. The Bertz CT molecular complexity index is 455. The first-order chi connectivity index (χ1) is 8.87. The molecule has 4 nitrogen and oxygen atoms in total. The van der Waals surface area contributed by atoms with Crippen molar-refractivity contribution in [2.24, 2.45) is 11.1 Å². The Labute approximate surface area is 115 Å². The molecule has 0 bridgehead atoms. The zero-order valence-electron chi connectivity index (χ0n) is 12.5. The van der Waals surface area contributed by atoms with Crippen molar-refractivity contribution in [3.05, 3.63) is 23.8 Å². The number of hydrogen-bond donors (Lipinski definition) is 1. The van der Waals surface area contributed by atoms with Crippen LogP contribution < -0.4 is 15.4 Å². The maximum absolute atomic E-state index is 12.4. The highest BCUT2D eigenvalue weighted by Gasteiger charge is 2.29. The second kappa shape index (κ2) is 6.06. The molecular weight excluding hydrogens is 240 g/mol. The molecule has 1 aromatic rings. The lowest BCUT2D eigenvalue weighted by molar-refractivity contribution is -0.125. The fourth-order valence-corrected chi connectivity index (χ4v) is 1.91. The van der Waals surface area contributed by atoms with Gasteiger partial charge >= 0.3 is 0 Å². The molecule has 0 aliphatic rings. The van der Waals surface area contributed by atoms with Crippen LogP contribution in [0.1, 0.15) is 26.3 Å². The lowest BCUT2D eigenvalue weighted by Crippen LogP contribution is -2.43. The number of carbonyl (C=O) groups is 1. The molecule has 1 amide bonds. The summed E-state index contributed by atoms with van der Waals surface area (Å²) in [5.41, 5.74) is 7.06. The number of methoxy groups -OCH3 is 1. The summed E-state index contributed by atoms with van der Waals surface area (Å²) in [6.07, 6.45) is 0.860. The van der Waals surface area contributed by atoms with Crippen molar-refractivity contribution in [2.45, 2.75) is 27.2 Å². The summed E-state index contributed by atoms with van der Waals surface area (Å²) in [5, 5.41) is 0. The van der Waals surface area contributed by atoms with Crippen molar-refractivity contribution in [3.8, 4) is 5.75 Å². The molecule has 19 heavy (non-hydrogen) atoms. The van der Waals surface area contributed by atoms with Crippen molar-refractivity contribution in [1.82, 2.24) is 0 Å². The summed E-state index contributed by atoms with van der Waals surface area (Å²) in [6.45, 7) is 6.10. The van der Waals surface area contributed by atoms with Gasteiger partial charge < -0.3 is 15.4 Å². The molecule has 0 aliphatic carbocycles. The summed E-state index contributed by atoms with van der Waals surface area (Å²) in [7, 11) is 3.43. The van der Waals surface area contributed by atoms with E-state index in [0.717, 1.165) is 23.4 Å². The minimum absolute atomic E-state index is 0.0159. The number of hydrogen-bond acceptors (Lipinski definition) is 3. The molecule has 0 spiro atoms. The van der Waals surface area contributed by atoms with E-state index in [1.807, 2.05) is 32.0 Å². The third-order valence-corrected chi connectivity index (χ3v) is 3.43. The number of ether oxygens (including phenoxy) is 1. The van der Waals surface area contributed by atoms with Crippen LogP contribution in [0.25, 0.3) is 0 Å². The van der Waals surface area contributed by atoms with Crippen LogP contribution in [0.2, 0.25) is 0 Å². The summed E-state index contributed by atoms with van der Waals surface area (Å²) in [4.78, 5) is 14.0. The molecule has 0 heterocycles. The van der Waals surface area contributed by atoms with Crippen molar-refractivity contribution in [1.29, 1.82) is 0 Å². The predicted molar refractivity (Wildman–Crippen MR) is 78.6 cm³/mol. The van der Waals surface area contributed by atoms with Crippen LogP contribution >= 0.6 is 0 Å². The molecule has 0 unspecified atom stereocenters. The Balaban J connectivity index is 3.07. The van der Waals surface area contributed by atoms with Crippen LogP contribution in [0, 0.1) is 5.41 Å². The second-order valence-electron chi connectivity index (χ2n) is 5.30. The monoisotopic (exact) mass is 264 g/mol. The molecule has 0 aliphatic heterocycles. The SMILES string of the molecule is CCc1cc(N(C)C(=O)C(C)(C)CN)ccc1OC. The average Bonchev–Trinajstić information content (AvgIpc) is 2.44. The fraction of sp³-hybridized carbons (Fsp3) is 0.533. The lowest BCUT2D eigenvalue weighted by atomic mass is 9.91. The van der Waals surface area contributed by atoms with Crippen molar-refractivity contribution >= 4 is 11.6 Å². The maximum atomic E-state index is 12.4. The van der Waals surface area contributed by atoms with Gasteiger partial charge in [-0.25, -0.2) is 0 Å². The first-order valence-electron chi connectivity index (χ1n) is 6.52. The number of nitrogens with two attached hydrogens (primary N) is 1. The highest BCUT2D eigenvalue weighted by molar-refractivity contribution is 5.97. The number of anilines is 1. The molecule has 1 rings (SSSR count). The van der Waals surface area contributed by atoms with Gasteiger partial charge in [0, 0.05) is 19.3 Å². The molecule has 2 N–H and O–H groups in total. The highest BCUT2D eigenvalue weighted by Crippen LogP contribution is 2.27. The zero-order chi connectivity index (χ0) is 14.6. The molecule has 106 valence electrons. The van der Waals surface area contributed by atoms with E-state index in [1.165, 1.54) is 0 Å². The Morgan fingerprint density at radius 1 is 1.42 bits per heavy atom. The van der Waals surface area contributed by atoms with Gasteiger partial charge in [-0.3, -0.25) is 4.79 Å². The molecule has 0 fully saturated rings. The fourth-order valence-electron chi connectivity index (χ4n) is 1.91. The summed E-state index contributed by atoms with van der Waals surface area (Å²) in [5.74, 6) is 0.868. The molecule has 0 radical (unpaired) electrons. The van der Waals surface area contributed by atoms with Gasteiger partial charge in [-0.05, 0) is 44.0 Å². The van der Waals surface area contributed by atoms with Crippen LogP contribution in [0.4, 0.5) is 5.69 Å². The van der Waals surface area contributed by atoms with E-state index in [4.69, 9.17) is 10.5 Å². The number of rotatable bonds is 5. The molecule has 0 saturated heterocycles. The van der Waals surface area contributed by atoms with Gasteiger partial charge in [0.25, 0.3) is 0 Å². The zero-order valence-corrected chi connectivity index (χ0v) is 12.5. The average molecular weight is 264 g/mol. The van der Waals surface area contributed by atoms with Crippen LogP contribution in [-0.2, 0) is 11.2 Å². The molecule has 0 saturated carbocycles. The minimum atomic E-state index is -0.555. The number of carbonyl (C=O) groups excluding carboxylic acids is 1. The van der Waals surface area contributed by atoms with E-state index >= 15 is 0 Å². The number of benzene rings is 1. The minimum Gasteiger partial charge on any atom is -0.496 e. The van der Waals surface area contributed by atoms with Crippen molar-refractivity contribution in [3.63, 3.8) is 0 Å². The van der Waals surface area contributed by atoms with Crippen LogP contribution in [0.5, 0.6) is 5.75 Å². The topological polar surface area (TPSA) is 55.6 Å². The maximum Gasteiger partial charge on any atom is 0.233 e. The standard InChI is InChI=1S/C15H24N2O2/c1-6-11-9-12(7-8-13(11)19-5)17(4)14(18)15(2,3)10-16/h7-9H,6,10,16H2,1-5H3. The molecule has 1 aromatic carbocycles. The summed E-state index contributed by atoms with van der Waals surface area (Å²) in [6, 6.07) is 5.78. The van der Waals surface area contributed by atoms with Gasteiger partial charge in [-0.15, -0.1) is 0 Å². The quantitative estimate of drug-likeness (QED) is 0.887. The normalized spacial score (nSPS) is 11.3. The molecule has 0 aromatic heterocycles. The van der Waals surface area contributed by atoms with E-state index in [1.54, 1.807) is 19.1 Å². The largest absolute Gasteiger partial charge is 0.496 e. The van der Waals surface area contributed by atoms with E-state index in [9.17, 15) is 4.79 Å². The van der Waals surface area contributed by atoms with E-state index in [-0.39, 0.29) is 5.91 Å². The third-order valence-electron chi connectivity index (χ3n) is 3.43. The lowest BCUT2D eigenvalue weighted by Gasteiger charge is -2.28. The summed E-state index contributed by atoms with van der Waals surface area (Å²) >= 11 is 0. The predicted octanol–water partition coefficient (Wildman–Crippen LogP) is 2.21. The van der Waals surface area contributed by atoms with E-state index in [2.05, 4.69) is 6.92 Å².